The largest absolute Gasteiger partial charge is 0.351 e. The molecule has 0 spiro atoms. The first kappa shape index (κ1) is 17.4. The highest BCUT2D eigenvalue weighted by molar-refractivity contribution is 5.99. The van der Waals surface area contributed by atoms with Crippen LogP contribution in [0.4, 0.5) is 25.8 Å². The lowest BCUT2D eigenvalue weighted by atomic mass is 10.2. The van der Waals surface area contributed by atoms with Crippen LogP contribution < -0.4 is 16.0 Å². The first-order chi connectivity index (χ1) is 11.4. The van der Waals surface area contributed by atoms with E-state index in [0.29, 0.717) is 0 Å². The van der Waals surface area contributed by atoms with E-state index in [-0.39, 0.29) is 23.0 Å². The van der Waals surface area contributed by atoms with Gasteiger partial charge in [0.05, 0.1) is 17.1 Å². The summed E-state index contributed by atoms with van der Waals surface area (Å²) in [7, 11) is 0. The van der Waals surface area contributed by atoms with Crippen molar-refractivity contribution in [1.29, 1.82) is 0 Å². The molecule has 0 heterocycles. The second kappa shape index (κ2) is 7.54. The average molecular weight is 333 g/mol. The first-order valence-electron chi connectivity index (χ1n) is 7.26. The molecule has 0 radical (unpaired) electrons. The van der Waals surface area contributed by atoms with Crippen molar-refractivity contribution in [2.75, 3.05) is 10.6 Å². The molecular formula is C17H17F2N3O2. The van der Waals surface area contributed by atoms with Crippen molar-refractivity contribution >= 4 is 28.9 Å². The number of para-hydroxylation sites is 1. The lowest BCUT2D eigenvalue weighted by Gasteiger charge is -2.16. The van der Waals surface area contributed by atoms with Gasteiger partial charge < -0.3 is 16.0 Å². The molecule has 1 atom stereocenters. The molecule has 0 unspecified atom stereocenters. The average Bonchev–Trinajstić information content (AvgIpc) is 2.51. The molecule has 0 saturated heterocycles. The molecule has 0 saturated carbocycles. The maximum absolute atomic E-state index is 13.8. The van der Waals surface area contributed by atoms with E-state index in [1.54, 1.807) is 6.07 Å². The molecule has 5 nitrogen and oxygen atoms in total. The fraction of sp³-hybridized carbons (Fsp3) is 0.176. The van der Waals surface area contributed by atoms with Crippen LogP contribution >= 0.6 is 0 Å². The number of rotatable bonds is 5. The zero-order valence-electron chi connectivity index (χ0n) is 13.2. The van der Waals surface area contributed by atoms with Crippen LogP contribution in [0.25, 0.3) is 0 Å². The van der Waals surface area contributed by atoms with E-state index in [0.717, 1.165) is 6.07 Å². The Morgan fingerprint density at radius 1 is 1.00 bits per heavy atom. The molecule has 2 rings (SSSR count). The van der Waals surface area contributed by atoms with Crippen molar-refractivity contribution in [2.24, 2.45) is 0 Å². The number of hydrogen-bond acceptors (Lipinski definition) is 3. The summed E-state index contributed by atoms with van der Waals surface area (Å²) in [5, 5.41) is 7.77. The molecular weight excluding hydrogens is 316 g/mol. The Morgan fingerprint density at radius 2 is 1.71 bits per heavy atom. The Balaban J connectivity index is 2.23. The summed E-state index contributed by atoms with van der Waals surface area (Å²) in [6.07, 6.45) is 0. The standard InChI is InChI=1S/C17H17F2N3O2/c1-10(20-11(2)23)17(24)22-15-8-7-12(18)9-16(15)21-14-6-4-3-5-13(14)19/h3-10,21H,1-2H3,(H,20,23)(H,22,24)/t10-/m0/s1. The number of carbonyl (C=O) groups is 2. The van der Waals surface area contributed by atoms with E-state index in [1.165, 1.54) is 44.2 Å². The Hall–Kier alpha value is -2.96. The highest BCUT2D eigenvalue weighted by Gasteiger charge is 2.16. The molecule has 0 aliphatic carbocycles. The number of benzene rings is 2. The zero-order valence-corrected chi connectivity index (χ0v) is 13.2. The maximum atomic E-state index is 13.8. The summed E-state index contributed by atoms with van der Waals surface area (Å²) >= 11 is 0. The van der Waals surface area contributed by atoms with E-state index in [4.69, 9.17) is 0 Å². The van der Waals surface area contributed by atoms with E-state index >= 15 is 0 Å². The van der Waals surface area contributed by atoms with Crippen LogP contribution in [-0.4, -0.2) is 17.9 Å². The van der Waals surface area contributed by atoms with Crippen LogP contribution in [0, 0.1) is 11.6 Å². The van der Waals surface area contributed by atoms with Crippen molar-refractivity contribution in [3.05, 3.63) is 54.1 Å². The minimum atomic E-state index is -0.770. The van der Waals surface area contributed by atoms with Gasteiger partial charge >= 0.3 is 0 Å². The normalized spacial score (nSPS) is 11.5. The van der Waals surface area contributed by atoms with Gasteiger partial charge in [-0.05, 0) is 37.3 Å². The molecule has 126 valence electrons. The van der Waals surface area contributed by atoms with Gasteiger partial charge in [-0.25, -0.2) is 8.78 Å². The van der Waals surface area contributed by atoms with Gasteiger partial charge in [-0.15, -0.1) is 0 Å². The number of carbonyl (C=O) groups excluding carboxylic acids is 2. The van der Waals surface area contributed by atoms with E-state index in [1.807, 2.05) is 0 Å². The van der Waals surface area contributed by atoms with Crippen molar-refractivity contribution in [3.8, 4) is 0 Å². The van der Waals surface area contributed by atoms with Gasteiger partial charge in [-0.2, -0.15) is 0 Å². The van der Waals surface area contributed by atoms with Crippen LogP contribution in [0.2, 0.25) is 0 Å². The highest BCUT2D eigenvalue weighted by Crippen LogP contribution is 2.28. The predicted octanol–water partition coefficient (Wildman–Crippen LogP) is 3.17. The maximum Gasteiger partial charge on any atom is 0.246 e. The second-order valence-electron chi connectivity index (χ2n) is 5.21. The minimum Gasteiger partial charge on any atom is -0.351 e. The van der Waals surface area contributed by atoms with E-state index in [2.05, 4.69) is 16.0 Å². The molecule has 2 amide bonds. The van der Waals surface area contributed by atoms with Crippen molar-refractivity contribution < 1.29 is 18.4 Å². The van der Waals surface area contributed by atoms with Crippen molar-refractivity contribution in [1.82, 2.24) is 5.32 Å². The lowest BCUT2D eigenvalue weighted by Crippen LogP contribution is -2.40. The third-order valence-corrected chi connectivity index (χ3v) is 3.20. The van der Waals surface area contributed by atoms with Crippen LogP contribution in [0.1, 0.15) is 13.8 Å². The number of amides is 2. The van der Waals surface area contributed by atoms with Gasteiger partial charge in [0.25, 0.3) is 0 Å². The van der Waals surface area contributed by atoms with Gasteiger partial charge in [-0.1, -0.05) is 12.1 Å². The van der Waals surface area contributed by atoms with Crippen LogP contribution in [-0.2, 0) is 9.59 Å². The summed E-state index contributed by atoms with van der Waals surface area (Å²) < 4.78 is 27.3. The first-order valence-corrected chi connectivity index (χ1v) is 7.26. The number of anilines is 3. The van der Waals surface area contributed by atoms with Crippen LogP contribution in [0.15, 0.2) is 42.5 Å². The monoisotopic (exact) mass is 333 g/mol. The molecule has 24 heavy (non-hydrogen) atoms. The highest BCUT2D eigenvalue weighted by atomic mass is 19.1. The Kier molecular flexibility index (Phi) is 5.47. The van der Waals surface area contributed by atoms with Crippen molar-refractivity contribution in [3.63, 3.8) is 0 Å². The summed E-state index contributed by atoms with van der Waals surface area (Å²) in [4.78, 5) is 23.1. The lowest BCUT2D eigenvalue weighted by molar-refractivity contribution is -0.124. The van der Waals surface area contributed by atoms with Gasteiger partial charge in [-0.3, -0.25) is 9.59 Å². The summed E-state index contributed by atoms with van der Waals surface area (Å²) in [6.45, 7) is 2.82. The Labute approximate surface area is 138 Å². The molecule has 7 heteroatoms. The smallest absolute Gasteiger partial charge is 0.246 e. The summed E-state index contributed by atoms with van der Waals surface area (Å²) in [5.74, 6) is -1.87. The van der Waals surface area contributed by atoms with E-state index in [9.17, 15) is 18.4 Å². The molecule has 0 aliphatic rings. The molecule has 2 aromatic rings. The van der Waals surface area contributed by atoms with Gasteiger partial charge in [0.15, 0.2) is 0 Å². The Morgan fingerprint density at radius 3 is 2.38 bits per heavy atom. The summed E-state index contributed by atoms with van der Waals surface area (Å²) in [6, 6.07) is 8.82. The molecule has 3 N–H and O–H groups in total. The zero-order chi connectivity index (χ0) is 17.7. The molecule has 0 aromatic heterocycles. The van der Waals surface area contributed by atoms with Crippen LogP contribution in [0.5, 0.6) is 0 Å². The van der Waals surface area contributed by atoms with Gasteiger partial charge in [0, 0.05) is 6.92 Å². The van der Waals surface area contributed by atoms with E-state index < -0.39 is 23.6 Å². The molecule has 0 fully saturated rings. The topological polar surface area (TPSA) is 70.2 Å². The number of hydrogen-bond donors (Lipinski definition) is 3. The van der Waals surface area contributed by atoms with Crippen molar-refractivity contribution in [2.45, 2.75) is 19.9 Å². The third-order valence-electron chi connectivity index (χ3n) is 3.20. The number of halogens is 2. The second-order valence-corrected chi connectivity index (χ2v) is 5.21. The fourth-order valence-electron chi connectivity index (χ4n) is 2.05. The molecule has 0 aliphatic heterocycles. The fourth-order valence-corrected chi connectivity index (χ4v) is 2.05. The summed E-state index contributed by atoms with van der Waals surface area (Å²) in [5.41, 5.74) is 0.610. The molecule has 2 aromatic carbocycles. The van der Waals surface area contributed by atoms with Gasteiger partial charge in [0.2, 0.25) is 11.8 Å². The number of nitrogens with one attached hydrogen (secondary N) is 3. The quantitative estimate of drug-likeness (QED) is 0.787. The van der Waals surface area contributed by atoms with Crippen LogP contribution in [0.3, 0.4) is 0 Å². The SMILES string of the molecule is CC(=O)N[C@@H](C)C(=O)Nc1ccc(F)cc1Nc1ccccc1F. The Bertz CT molecular complexity index is 765. The third kappa shape index (κ3) is 4.52. The predicted molar refractivity (Wildman–Crippen MR) is 88.0 cm³/mol. The van der Waals surface area contributed by atoms with Gasteiger partial charge in [0.1, 0.15) is 17.7 Å². The molecule has 0 bridgehead atoms. The minimum absolute atomic E-state index is 0.147.